The van der Waals surface area contributed by atoms with Crippen molar-refractivity contribution in [2.75, 3.05) is 7.11 Å². The molecule has 0 saturated heterocycles. The number of esters is 1. The minimum absolute atomic E-state index is 0.0569. The number of rotatable bonds is 5. The van der Waals surface area contributed by atoms with E-state index in [1.807, 2.05) is 0 Å². The summed E-state index contributed by atoms with van der Waals surface area (Å²) in [6.07, 6.45) is 1.57. The smallest absolute Gasteiger partial charge is 0.346 e. The van der Waals surface area contributed by atoms with Crippen molar-refractivity contribution in [1.29, 1.82) is 0 Å². The highest BCUT2D eigenvalue weighted by molar-refractivity contribution is 5.82. The molecule has 0 bridgehead atoms. The molecule has 0 fully saturated rings. The largest absolute Gasteiger partial charge is 0.496 e. The summed E-state index contributed by atoms with van der Waals surface area (Å²) in [6.45, 7) is 4.74. The van der Waals surface area contributed by atoms with Crippen molar-refractivity contribution in [3.8, 4) is 5.75 Å². The molecule has 0 aliphatic carbocycles. The molecule has 6 heteroatoms. The third kappa shape index (κ3) is 3.96. The van der Waals surface area contributed by atoms with Gasteiger partial charge in [0.1, 0.15) is 24.2 Å². The van der Waals surface area contributed by atoms with Crippen LogP contribution in [0.15, 0.2) is 27.1 Å². The molecule has 1 aromatic rings. The quantitative estimate of drug-likeness (QED) is 0.653. The first kappa shape index (κ1) is 16.0. The van der Waals surface area contributed by atoms with Crippen LogP contribution in [-0.4, -0.2) is 18.2 Å². The minimum Gasteiger partial charge on any atom is -0.496 e. The topological polar surface area (TPSA) is 86.0 Å². The fourth-order valence-electron chi connectivity index (χ4n) is 1.58. The lowest BCUT2D eigenvalue weighted by Gasteiger charge is -2.13. The van der Waals surface area contributed by atoms with Crippen molar-refractivity contribution < 1.29 is 23.8 Å². The zero-order valence-electron chi connectivity index (χ0n) is 11.9. The Kier molecular flexibility index (Phi) is 5.52. The fourth-order valence-corrected chi connectivity index (χ4v) is 1.58. The van der Waals surface area contributed by atoms with Gasteiger partial charge in [-0.15, -0.1) is 0 Å². The van der Waals surface area contributed by atoms with Gasteiger partial charge in [-0.05, 0) is 20.8 Å². The highest BCUT2D eigenvalue weighted by Gasteiger charge is 2.19. The molecule has 20 heavy (non-hydrogen) atoms. The van der Waals surface area contributed by atoms with Crippen molar-refractivity contribution in [3.05, 3.63) is 39.5 Å². The van der Waals surface area contributed by atoms with Gasteiger partial charge in [0.25, 0.3) is 0 Å². The Morgan fingerprint density at radius 3 is 2.65 bits per heavy atom. The number of aliphatic hydroxyl groups excluding tert-OH is 1. The number of allylic oxidation sites excluding steroid dienone is 1. The minimum atomic E-state index is -0.874. The zero-order chi connectivity index (χ0) is 15.3. The average molecular weight is 282 g/mol. The SMILES string of the molecule is COc1c([C@H](C)O)coc(=O)c1COC(=O)C=C(C)C. The molecule has 0 aliphatic rings. The van der Waals surface area contributed by atoms with E-state index in [1.54, 1.807) is 13.8 Å². The summed E-state index contributed by atoms with van der Waals surface area (Å²) in [5.74, 6) is -0.393. The van der Waals surface area contributed by atoms with Crippen molar-refractivity contribution in [2.45, 2.75) is 33.5 Å². The van der Waals surface area contributed by atoms with Gasteiger partial charge in [0.05, 0.1) is 18.8 Å². The van der Waals surface area contributed by atoms with Gasteiger partial charge in [0.15, 0.2) is 0 Å². The van der Waals surface area contributed by atoms with Crippen LogP contribution in [0, 0.1) is 0 Å². The van der Waals surface area contributed by atoms with Crippen molar-refractivity contribution in [1.82, 2.24) is 0 Å². The van der Waals surface area contributed by atoms with Gasteiger partial charge < -0.3 is 19.0 Å². The van der Waals surface area contributed by atoms with Gasteiger partial charge in [0.2, 0.25) is 0 Å². The summed E-state index contributed by atoms with van der Waals surface area (Å²) in [4.78, 5) is 23.1. The molecule has 1 N–H and O–H groups in total. The van der Waals surface area contributed by atoms with E-state index >= 15 is 0 Å². The Hall–Kier alpha value is -2.08. The lowest BCUT2D eigenvalue weighted by molar-refractivity contribution is -0.139. The van der Waals surface area contributed by atoms with E-state index in [-0.39, 0.29) is 17.9 Å². The summed E-state index contributed by atoms with van der Waals surface area (Å²) < 4.78 is 14.9. The van der Waals surface area contributed by atoms with Crippen LogP contribution in [0.4, 0.5) is 0 Å². The van der Waals surface area contributed by atoms with E-state index in [2.05, 4.69) is 0 Å². The first-order chi connectivity index (χ1) is 9.36. The summed E-state index contributed by atoms with van der Waals surface area (Å²) >= 11 is 0. The molecule has 110 valence electrons. The van der Waals surface area contributed by atoms with Crippen molar-refractivity contribution in [2.24, 2.45) is 0 Å². The third-order valence-electron chi connectivity index (χ3n) is 2.50. The Bertz CT molecular complexity index is 564. The molecule has 6 nitrogen and oxygen atoms in total. The molecule has 0 saturated carbocycles. The van der Waals surface area contributed by atoms with Crippen LogP contribution < -0.4 is 10.4 Å². The molecular weight excluding hydrogens is 264 g/mol. The van der Waals surface area contributed by atoms with Crippen LogP contribution >= 0.6 is 0 Å². The molecule has 0 aliphatic heterocycles. The van der Waals surface area contributed by atoms with Crippen LogP contribution in [-0.2, 0) is 16.1 Å². The molecule has 1 aromatic heterocycles. The second-order valence-electron chi connectivity index (χ2n) is 4.50. The van der Waals surface area contributed by atoms with Gasteiger partial charge in [0, 0.05) is 6.08 Å². The van der Waals surface area contributed by atoms with Gasteiger partial charge in [-0.1, -0.05) is 5.57 Å². The van der Waals surface area contributed by atoms with Crippen molar-refractivity contribution in [3.63, 3.8) is 0 Å². The van der Waals surface area contributed by atoms with E-state index in [0.29, 0.717) is 5.56 Å². The molecular formula is C14H18O6. The molecule has 0 radical (unpaired) electrons. The Labute approximate surface area is 116 Å². The number of methoxy groups -OCH3 is 1. The van der Waals surface area contributed by atoms with Gasteiger partial charge in [-0.25, -0.2) is 9.59 Å². The van der Waals surface area contributed by atoms with Crippen LogP contribution in [0.2, 0.25) is 0 Å². The summed E-state index contributed by atoms with van der Waals surface area (Å²) in [5, 5.41) is 9.59. The fraction of sp³-hybridized carbons (Fsp3) is 0.429. The molecule has 0 amide bonds. The van der Waals surface area contributed by atoms with Gasteiger partial charge in [-0.3, -0.25) is 0 Å². The standard InChI is InChI=1S/C14H18O6/c1-8(2)5-12(16)19-7-11-13(18-4)10(9(3)15)6-20-14(11)17/h5-6,9,15H,7H2,1-4H3/t9-/m0/s1. The summed E-state index contributed by atoms with van der Waals surface area (Å²) in [5.41, 5.74) is 0.491. The average Bonchev–Trinajstić information content (AvgIpc) is 2.35. The predicted molar refractivity (Wildman–Crippen MR) is 71.4 cm³/mol. The monoisotopic (exact) mass is 282 g/mol. The highest BCUT2D eigenvalue weighted by Crippen LogP contribution is 2.27. The zero-order valence-corrected chi connectivity index (χ0v) is 11.9. The normalized spacial score (nSPS) is 11.7. The molecule has 0 unspecified atom stereocenters. The van der Waals surface area contributed by atoms with Gasteiger partial charge >= 0.3 is 11.6 Å². The molecule has 1 atom stereocenters. The Morgan fingerprint density at radius 2 is 2.15 bits per heavy atom. The Morgan fingerprint density at radius 1 is 1.50 bits per heavy atom. The number of hydrogen-bond acceptors (Lipinski definition) is 6. The van der Waals surface area contributed by atoms with Gasteiger partial charge in [-0.2, -0.15) is 0 Å². The number of aliphatic hydroxyl groups is 1. The molecule has 0 aromatic carbocycles. The first-order valence-corrected chi connectivity index (χ1v) is 6.05. The number of ether oxygens (including phenoxy) is 2. The van der Waals surface area contributed by atoms with Crippen LogP contribution in [0.1, 0.15) is 38.0 Å². The second-order valence-corrected chi connectivity index (χ2v) is 4.50. The van der Waals surface area contributed by atoms with E-state index in [4.69, 9.17) is 13.9 Å². The Balaban J connectivity index is 3.05. The van der Waals surface area contributed by atoms with Crippen LogP contribution in [0.3, 0.4) is 0 Å². The molecule has 0 spiro atoms. The lowest BCUT2D eigenvalue weighted by atomic mass is 10.1. The number of carbonyl (C=O) groups is 1. The second kappa shape index (κ2) is 6.91. The first-order valence-electron chi connectivity index (χ1n) is 6.05. The van der Waals surface area contributed by atoms with E-state index < -0.39 is 17.7 Å². The van der Waals surface area contributed by atoms with E-state index in [9.17, 15) is 14.7 Å². The number of hydrogen-bond donors (Lipinski definition) is 1. The highest BCUT2D eigenvalue weighted by atomic mass is 16.5. The van der Waals surface area contributed by atoms with Crippen molar-refractivity contribution >= 4 is 5.97 Å². The van der Waals surface area contributed by atoms with E-state index in [1.165, 1.54) is 20.1 Å². The predicted octanol–water partition coefficient (Wildman–Crippen LogP) is 1.71. The summed E-state index contributed by atoms with van der Waals surface area (Å²) in [6, 6.07) is 0. The third-order valence-corrected chi connectivity index (χ3v) is 2.50. The lowest BCUT2D eigenvalue weighted by Crippen LogP contribution is -2.15. The molecule has 1 heterocycles. The maximum atomic E-state index is 11.7. The van der Waals surface area contributed by atoms with Crippen LogP contribution in [0.25, 0.3) is 0 Å². The maximum absolute atomic E-state index is 11.7. The van der Waals surface area contributed by atoms with Crippen LogP contribution in [0.5, 0.6) is 5.75 Å². The van der Waals surface area contributed by atoms with E-state index in [0.717, 1.165) is 11.8 Å². The molecule has 1 rings (SSSR count). The maximum Gasteiger partial charge on any atom is 0.346 e. The number of carbonyl (C=O) groups excluding carboxylic acids is 1. The summed E-state index contributed by atoms with van der Waals surface area (Å²) in [7, 11) is 1.36.